The molecule has 0 saturated carbocycles. The van der Waals surface area contributed by atoms with Crippen molar-refractivity contribution in [2.75, 3.05) is 0 Å². The van der Waals surface area contributed by atoms with Crippen LogP contribution < -0.4 is 16.7 Å². The highest BCUT2D eigenvalue weighted by atomic mass is 35.5. The van der Waals surface area contributed by atoms with E-state index in [0.717, 1.165) is 106 Å². The highest BCUT2D eigenvalue weighted by Gasteiger charge is 2.18. The van der Waals surface area contributed by atoms with Crippen molar-refractivity contribution in [1.29, 1.82) is 0 Å². The van der Waals surface area contributed by atoms with Crippen LogP contribution in [-0.2, 0) is 163 Å². The summed E-state index contributed by atoms with van der Waals surface area (Å²) in [4.78, 5) is -5.65. The first-order valence-corrected chi connectivity index (χ1v) is 58.4. The molecule has 14 aromatic rings. The zero-order valence-corrected chi connectivity index (χ0v) is 87.3. The minimum atomic E-state index is -5.06. The molecule has 0 spiro atoms. The van der Waals surface area contributed by atoms with Crippen molar-refractivity contribution < 1.29 is 194 Å². The molecule has 0 bridgehead atoms. The molecule has 4 atom stereocenters. The van der Waals surface area contributed by atoms with Crippen LogP contribution in [0.1, 0.15) is 34.7 Å². The second-order valence-electron chi connectivity index (χ2n) is 27.8. The smallest absolute Gasteiger partial charge is 0.139 e. The van der Waals surface area contributed by atoms with E-state index in [1.807, 2.05) is 52.0 Å². The SMILES string of the molecule is CCc1ccc(S(=O)(=O)[O-])cc1.Cc1ccc(S(=O)(=O)[O-])c(C)c1.Cc1ccc(S(=O)(=O)[O-])cc1.Cc1ccc2ccc(OS(=O)[O-])cc2c1.O=S(=O)([O-])c1cc(Cl)c(Cl)cc1Cl.O=S(=O)([O-])c1cccc(S(=O)(=O)[O-])c1.O=S(=O)([O-])c1cccc2c(S(=O)(=O)[O-])cccc12.O=S(=O)([O-])c1ccccc1.O=S([O-])Oc1ccc2c(S(=O)(=O)[O-])cc(S(=O)(=O)[O-])cc2c1.O=S([O-])Oc1ccc2cc(OS(=O)[O-])ccc2c1. The van der Waals surface area contributed by atoms with Gasteiger partial charge >= 0.3 is 0 Å². The van der Waals surface area contributed by atoms with Gasteiger partial charge in [-0.25, -0.2) is 109 Å². The molecule has 786 valence electrons. The van der Waals surface area contributed by atoms with Gasteiger partial charge in [-0.2, -0.15) is 0 Å². The van der Waals surface area contributed by atoms with Crippen molar-refractivity contribution in [3.8, 4) is 23.0 Å². The first kappa shape index (κ1) is 125. The van der Waals surface area contributed by atoms with Gasteiger partial charge in [-0.1, -0.05) is 180 Å². The summed E-state index contributed by atoms with van der Waals surface area (Å²) in [5.41, 5.74) is 4.52. The molecular weight excluding hydrogens is 2290 g/mol. The third kappa shape index (κ3) is 42.4. The molecule has 145 heavy (non-hydrogen) atoms. The zero-order chi connectivity index (χ0) is 110. The largest absolute Gasteiger partial charge is 0.744 e. The highest BCUT2D eigenvalue weighted by molar-refractivity contribution is 7.89. The molecule has 0 amide bonds. The molecular formula is C82H62Cl3O45S15-15. The van der Waals surface area contributed by atoms with E-state index in [1.54, 1.807) is 73.7 Å². The lowest BCUT2D eigenvalue weighted by atomic mass is 10.1. The van der Waals surface area contributed by atoms with E-state index in [1.165, 1.54) is 103 Å². The van der Waals surface area contributed by atoms with Gasteiger partial charge in [-0.3, -0.25) is 0 Å². The van der Waals surface area contributed by atoms with Gasteiger partial charge in [0.25, 0.3) is 0 Å². The monoisotopic (exact) mass is 2350 g/mol. The minimum Gasteiger partial charge on any atom is -0.744 e. The maximum atomic E-state index is 11.2. The third-order valence-corrected chi connectivity index (χ3v) is 29.4. The van der Waals surface area contributed by atoms with Gasteiger partial charge in [0.15, 0.2) is 0 Å². The molecule has 0 fully saturated rings. The van der Waals surface area contributed by atoms with Crippen molar-refractivity contribution in [1.82, 2.24) is 0 Å². The first-order valence-electron chi connectivity index (χ1n) is 37.8. The van der Waals surface area contributed by atoms with Crippen LogP contribution in [0.15, 0.2) is 327 Å². The second kappa shape index (κ2) is 53.0. The van der Waals surface area contributed by atoms with Gasteiger partial charge in [0.2, 0.25) is 0 Å². The van der Waals surface area contributed by atoms with Crippen molar-refractivity contribution in [2.45, 2.75) is 94.9 Å². The number of hydrogen-bond acceptors (Lipinski definition) is 45. The van der Waals surface area contributed by atoms with Gasteiger partial charge in [-0.05, 0) is 229 Å². The van der Waals surface area contributed by atoms with Gasteiger partial charge in [0, 0.05) is 10.8 Å². The third-order valence-electron chi connectivity index (χ3n) is 17.4. The van der Waals surface area contributed by atoms with Gasteiger partial charge in [-0.15, -0.1) is 0 Å². The molecule has 0 heterocycles. The predicted molar refractivity (Wildman–Crippen MR) is 504 cm³/mol. The lowest BCUT2D eigenvalue weighted by Crippen LogP contribution is -2.05. The van der Waals surface area contributed by atoms with Gasteiger partial charge in [0.05, 0.1) is 68.9 Å². The Kier molecular flexibility index (Phi) is 45.7. The molecule has 0 aliphatic rings. The average molecular weight is 2350 g/mol. The van der Waals surface area contributed by atoms with E-state index < -0.39 is 191 Å². The summed E-state index contributed by atoms with van der Waals surface area (Å²) in [7, 11) is -50.7. The van der Waals surface area contributed by atoms with Crippen molar-refractivity contribution in [2.24, 2.45) is 0 Å². The van der Waals surface area contributed by atoms with E-state index in [4.69, 9.17) is 34.8 Å². The molecule has 0 aliphatic heterocycles. The first-order chi connectivity index (χ1) is 66.5. The molecule has 14 rings (SSSR count). The molecule has 0 saturated heterocycles. The summed E-state index contributed by atoms with van der Waals surface area (Å²) in [6.07, 6.45) is 0.833. The highest BCUT2D eigenvalue weighted by Crippen LogP contribution is 2.35. The summed E-state index contributed by atoms with van der Waals surface area (Å²) in [6, 6.07) is 60.7. The summed E-state index contributed by atoms with van der Waals surface area (Å²) in [6.45, 7) is 9.21. The summed E-state index contributed by atoms with van der Waals surface area (Å²) in [5, 5.41) is 2.77. The summed E-state index contributed by atoms with van der Waals surface area (Å²) in [5.74, 6) is 0.436. The van der Waals surface area contributed by atoms with Crippen LogP contribution in [0.4, 0.5) is 0 Å². The van der Waals surface area contributed by atoms with Gasteiger partial charge < -0.3 is 85.0 Å². The fourth-order valence-corrected chi connectivity index (χ4v) is 19.6. The van der Waals surface area contributed by atoms with E-state index in [2.05, 4.69) is 16.7 Å². The number of benzene rings is 14. The fraction of sp³-hybridized carbons (Fsp3) is 0.0732. The molecule has 14 aromatic carbocycles. The normalized spacial score (nSPS) is 12.6. The number of aryl methyl sites for hydroxylation is 5. The van der Waals surface area contributed by atoms with Crippen molar-refractivity contribution in [3.63, 3.8) is 0 Å². The fourth-order valence-electron chi connectivity index (χ4n) is 11.1. The Balaban J connectivity index is 0.000000286. The molecule has 4 unspecified atom stereocenters. The summed E-state index contributed by atoms with van der Waals surface area (Å²) >= 11 is 5.80. The van der Waals surface area contributed by atoms with E-state index in [-0.39, 0.29) is 73.4 Å². The standard InChI is InChI=1S/C11H10O3S.C10H8O9S3.2C10H8O6S2.2C8H10O3S.C7H8O3S.C6H3Cl3O3S.C6H6O6S2.C6H6O3S/c1-8-2-3-9-4-5-11(14-15(12)13)7-10(9)6-8;11-20(12)19-7-1-2-9-6(3-7)4-8(21(13,14)15)5-10(9)22(16,17)18;11-17(12)15-9-3-1-7-5-10(16-18(13)14)4-2-8(7)6-9;11-17(12,13)9-5-1-3-7-8(9)4-2-6-10(7)18(14,15)16;1-6-3-4-8(7(2)5-6)12(9,10)11;1-2-7-3-5-8(6-4-7)12(9,10)11;1-6-2-4-7(5-3-6)11(8,9)10;7-3-1-5(9)6(2-4(3)8)13(10,11)12;7-13(8,9)5-2-1-3-6(4-5)14(10,11)12;7-10(8,9)6-4-2-1-3-5-6/h2-7H,1H3,(H,12,13);1-5H,(H,11,12)(H,13,14,15)(H,16,17,18);1-6H,(H,11,12)(H,13,14);1-6H,(H,11,12,13)(H,14,15,16);3-5H,1-2H3,(H,9,10,11);3-6H,2H2,1H3,(H,9,10,11);2-5H,1H3,(H,8,9,10);1-2H,(H,10,11,12);1-4H,(H,7,8,9)(H,10,11,12);1-5H,(H,7,8,9)/p-15. The Labute approximate surface area is 855 Å². The van der Waals surface area contributed by atoms with Crippen LogP contribution in [0.5, 0.6) is 23.0 Å². The van der Waals surface area contributed by atoms with E-state index in [0.29, 0.717) is 34.2 Å². The van der Waals surface area contributed by atoms with Crippen LogP contribution >= 0.6 is 34.8 Å². The number of rotatable bonds is 20. The Morgan fingerprint density at radius 2 is 0.545 bits per heavy atom. The lowest BCUT2D eigenvalue weighted by molar-refractivity contribution is 0.438. The topological polar surface area (TPSA) is 827 Å². The molecule has 63 heteroatoms. The summed E-state index contributed by atoms with van der Waals surface area (Å²) < 4.78 is 454. The lowest BCUT2D eigenvalue weighted by Gasteiger charge is -2.16. The molecule has 0 radical (unpaired) electrons. The molecule has 0 aliphatic carbocycles. The Hall–Kier alpha value is -10.4. The van der Waals surface area contributed by atoms with Crippen LogP contribution in [0.3, 0.4) is 0 Å². The van der Waals surface area contributed by atoms with Crippen molar-refractivity contribution in [3.05, 3.63) is 316 Å². The number of fused-ring (bicyclic) bond motifs is 4. The van der Waals surface area contributed by atoms with Crippen LogP contribution in [0, 0.1) is 27.7 Å². The maximum Gasteiger partial charge on any atom is 0.139 e. The predicted octanol–water partition coefficient (Wildman–Crippen LogP) is 9.87. The Morgan fingerprint density at radius 1 is 0.228 bits per heavy atom. The van der Waals surface area contributed by atoms with Crippen LogP contribution in [0.2, 0.25) is 15.1 Å². The zero-order valence-electron chi connectivity index (χ0n) is 72.8. The van der Waals surface area contributed by atoms with Gasteiger partial charge in [0.1, 0.15) is 180 Å². The molecule has 45 nitrogen and oxygen atoms in total. The second-order valence-corrected chi connectivity index (χ2v) is 46.3. The molecule has 0 N–H and O–H groups in total. The number of halogens is 3. The number of hydrogen-bond donors (Lipinski definition) is 0. The minimum absolute atomic E-state index is 0.0273. The van der Waals surface area contributed by atoms with Crippen LogP contribution in [0.25, 0.3) is 43.1 Å². The molecule has 0 aromatic heterocycles. The maximum absolute atomic E-state index is 11.2. The van der Waals surface area contributed by atoms with Crippen LogP contribution in [-0.4, -0.2) is 178 Å². The van der Waals surface area contributed by atoms with Crippen molar-refractivity contribution >= 4 is 235 Å². The Bertz CT molecular complexity index is 8410. The average Bonchev–Trinajstić information content (AvgIpc) is 0.768. The Morgan fingerprint density at radius 3 is 0.910 bits per heavy atom. The van der Waals surface area contributed by atoms with E-state index >= 15 is 0 Å². The quantitative estimate of drug-likeness (QED) is 0.0389. The van der Waals surface area contributed by atoms with E-state index in [9.17, 15) is 178 Å².